The zero-order chi connectivity index (χ0) is 22.8. The predicted molar refractivity (Wildman–Crippen MR) is 128 cm³/mol. The second kappa shape index (κ2) is 9.65. The quantitative estimate of drug-likeness (QED) is 0.695. The van der Waals surface area contributed by atoms with Crippen LogP contribution in [0.4, 0.5) is 0 Å². The SMILES string of the molecule is CC1=NCSC1c1ccc(CNC(=O)C2CC(O)CN2C(=O)c2c(C)cccc2Cl)cc1. The summed E-state index contributed by atoms with van der Waals surface area (Å²) in [6, 6.07) is 12.6. The number of carbonyl (C=O) groups excluding carboxylic acids is 2. The van der Waals surface area contributed by atoms with Crippen LogP contribution in [0.5, 0.6) is 0 Å². The lowest BCUT2D eigenvalue weighted by Gasteiger charge is -2.25. The number of nitrogens with zero attached hydrogens (tertiary/aromatic N) is 2. The van der Waals surface area contributed by atoms with Crippen LogP contribution in [0.25, 0.3) is 0 Å². The van der Waals surface area contributed by atoms with E-state index >= 15 is 0 Å². The Morgan fingerprint density at radius 2 is 1.97 bits per heavy atom. The van der Waals surface area contributed by atoms with Gasteiger partial charge >= 0.3 is 0 Å². The Kier molecular flexibility index (Phi) is 6.88. The van der Waals surface area contributed by atoms with Crippen LogP contribution >= 0.6 is 23.4 Å². The Bertz CT molecular complexity index is 1040. The lowest BCUT2D eigenvalue weighted by atomic mass is 10.1. The molecule has 6 nitrogen and oxygen atoms in total. The molecule has 2 N–H and O–H groups in total. The molecule has 0 saturated carbocycles. The Morgan fingerprint density at radius 1 is 1.22 bits per heavy atom. The van der Waals surface area contributed by atoms with Gasteiger partial charge in [-0.3, -0.25) is 14.6 Å². The minimum Gasteiger partial charge on any atom is -0.391 e. The third kappa shape index (κ3) is 4.70. The first-order valence-corrected chi connectivity index (χ1v) is 12.0. The minimum atomic E-state index is -0.745. The van der Waals surface area contributed by atoms with Crippen molar-refractivity contribution in [2.45, 2.75) is 44.2 Å². The molecular weight excluding hydrogens is 446 g/mol. The molecule has 168 valence electrons. The molecule has 2 aromatic carbocycles. The van der Waals surface area contributed by atoms with E-state index in [4.69, 9.17) is 11.6 Å². The first-order chi connectivity index (χ1) is 15.3. The average Bonchev–Trinajstić information content (AvgIpc) is 3.37. The van der Waals surface area contributed by atoms with E-state index < -0.39 is 12.1 Å². The van der Waals surface area contributed by atoms with Crippen LogP contribution in [0.2, 0.25) is 5.02 Å². The van der Waals surface area contributed by atoms with Gasteiger partial charge in [0.2, 0.25) is 5.91 Å². The van der Waals surface area contributed by atoms with Crippen LogP contribution in [0.3, 0.4) is 0 Å². The van der Waals surface area contributed by atoms with Crippen molar-refractivity contribution >= 4 is 40.9 Å². The van der Waals surface area contributed by atoms with E-state index in [0.717, 1.165) is 22.7 Å². The molecule has 2 amide bonds. The number of β-amino-alcohol motifs (C(OH)–C–C–N with tert-alkyl or cyclic N) is 1. The van der Waals surface area contributed by atoms with Crippen molar-refractivity contribution in [2.24, 2.45) is 4.99 Å². The van der Waals surface area contributed by atoms with Crippen molar-refractivity contribution in [3.63, 3.8) is 0 Å². The van der Waals surface area contributed by atoms with Crippen molar-refractivity contribution in [3.8, 4) is 0 Å². The average molecular weight is 472 g/mol. The maximum absolute atomic E-state index is 13.2. The molecule has 3 unspecified atom stereocenters. The predicted octanol–water partition coefficient (Wildman–Crippen LogP) is 3.75. The normalized spacial score (nSPS) is 22.7. The summed E-state index contributed by atoms with van der Waals surface area (Å²) >= 11 is 8.06. The van der Waals surface area contributed by atoms with Crippen LogP contribution in [-0.2, 0) is 11.3 Å². The first-order valence-electron chi connectivity index (χ1n) is 10.6. The number of likely N-dealkylation sites (tertiary alicyclic amines) is 1. The van der Waals surface area contributed by atoms with Gasteiger partial charge in [-0.15, -0.1) is 11.8 Å². The maximum Gasteiger partial charge on any atom is 0.256 e. The second-order valence-electron chi connectivity index (χ2n) is 8.23. The van der Waals surface area contributed by atoms with Gasteiger partial charge < -0.3 is 15.3 Å². The Labute approximate surface area is 197 Å². The summed E-state index contributed by atoms with van der Waals surface area (Å²) in [6.07, 6.45) is -0.539. The van der Waals surface area contributed by atoms with Crippen LogP contribution in [0, 0.1) is 6.92 Å². The number of thioether (sulfide) groups is 1. The lowest BCUT2D eigenvalue weighted by molar-refractivity contribution is -0.125. The Hall–Kier alpha value is -2.35. The van der Waals surface area contributed by atoms with Crippen LogP contribution < -0.4 is 5.32 Å². The molecule has 32 heavy (non-hydrogen) atoms. The number of halogens is 1. The van der Waals surface area contributed by atoms with Gasteiger partial charge in [0.1, 0.15) is 6.04 Å². The maximum atomic E-state index is 13.2. The minimum absolute atomic E-state index is 0.107. The molecular formula is C24H26ClN3O3S. The summed E-state index contributed by atoms with van der Waals surface area (Å²) in [4.78, 5) is 32.0. The van der Waals surface area contributed by atoms with Crippen LogP contribution in [0.15, 0.2) is 47.5 Å². The zero-order valence-corrected chi connectivity index (χ0v) is 19.6. The molecule has 0 aromatic heterocycles. The van der Waals surface area contributed by atoms with E-state index in [1.54, 1.807) is 23.9 Å². The highest BCUT2D eigenvalue weighted by Gasteiger charge is 2.40. The molecule has 3 atom stereocenters. The van der Waals surface area contributed by atoms with Gasteiger partial charge in [-0.1, -0.05) is 48.0 Å². The molecule has 2 heterocycles. The number of aliphatic hydroxyl groups excluding tert-OH is 1. The lowest BCUT2D eigenvalue weighted by Crippen LogP contribution is -2.46. The van der Waals surface area contributed by atoms with E-state index in [2.05, 4.69) is 22.4 Å². The molecule has 2 aliphatic heterocycles. The highest BCUT2D eigenvalue weighted by Crippen LogP contribution is 2.35. The fraction of sp³-hybridized carbons (Fsp3) is 0.375. The number of hydrogen-bond acceptors (Lipinski definition) is 5. The smallest absolute Gasteiger partial charge is 0.256 e. The molecule has 8 heteroatoms. The highest BCUT2D eigenvalue weighted by molar-refractivity contribution is 8.00. The molecule has 0 spiro atoms. The number of nitrogens with one attached hydrogen (secondary N) is 1. The molecule has 2 aliphatic rings. The Morgan fingerprint density at radius 3 is 2.62 bits per heavy atom. The van der Waals surface area contributed by atoms with Gasteiger partial charge in [0.05, 0.1) is 27.8 Å². The Balaban J connectivity index is 1.42. The van der Waals surface area contributed by atoms with Crippen LogP contribution in [-0.4, -0.2) is 52.1 Å². The van der Waals surface area contributed by atoms with E-state index in [1.165, 1.54) is 10.5 Å². The largest absolute Gasteiger partial charge is 0.391 e. The van der Waals surface area contributed by atoms with Gasteiger partial charge in [0.15, 0.2) is 0 Å². The fourth-order valence-corrected chi connectivity index (χ4v) is 5.60. The summed E-state index contributed by atoms with van der Waals surface area (Å²) in [5.41, 5.74) is 4.42. The number of aliphatic hydroxyl groups is 1. The van der Waals surface area contributed by atoms with Gasteiger partial charge in [0.25, 0.3) is 5.91 Å². The third-order valence-electron chi connectivity index (χ3n) is 5.96. The summed E-state index contributed by atoms with van der Waals surface area (Å²) in [5, 5.41) is 13.7. The van der Waals surface area contributed by atoms with Gasteiger partial charge in [0, 0.05) is 25.2 Å². The van der Waals surface area contributed by atoms with Gasteiger partial charge in [-0.25, -0.2) is 0 Å². The van der Waals surface area contributed by atoms with Crippen LogP contribution in [0.1, 0.15) is 45.6 Å². The van der Waals surface area contributed by atoms with Crippen molar-refractivity contribution in [1.29, 1.82) is 0 Å². The number of amides is 2. The highest BCUT2D eigenvalue weighted by atomic mass is 35.5. The number of hydrogen-bond donors (Lipinski definition) is 2. The molecule has 4 rings (SSSR count). The number of benzene rings is 2. The molecule has 1 fully saturated rings. The second-order valence-corrected chi connectivity index (χ2v) is 9.70. The summed E-state index contributed by atoms with van der Waals surface area (Å²) in [7, 11) is 0. The van der Waals surface area contributed by atoms with Crippen molar-refractivity contribution in [3.05, 3.63) is 69.7 Å². The number of aliphatic imine (C=N–C) groups is 1. The van der Waals surface area contributed by atoms with E-state index in [0.29, 0.717) is 22.4 Å². The van der Waals surface area contributed by atoms with E-state index in [-0.39, 0.29) is 24.8 Å². The van der Waals surface area contributed by atoms with Crippen molar-refractivity contribution < 1.29 is 14.7 Å². The zero-order valence-electron chi connectivity index (χ0n) is 18.0. The molecule has 0 aliphatic carbocycles. The van der Waals surface area contributed by atoms with Gasteiger partial charge in [-0.05, 0) is 36.6 Å². The standard InChI is InChI=1S/C24H26ClN3O3S/c1-14-4-3-5-19(25)21(14)24(31)28-12-18(29)10-20(28)23(30)26-11-16-6-8-17(9-7-16)22-15(2)27-13-32-22/h3-9,18,20,22,29H,10-13H2,1-2H3,(H,26,30). The summed E-state index contributed by atoms with van der Waals surface area (Å²) < 4.78 is 0. The monoisotopic (exact) mass is 471 g/mol. The third-order valence-corrected chi connectivity index (χ3v) is 7.50. The fourth-order valence-electron chi connectivity index (χ4n) is 4.21. The molecule has 2 aromatic rings. The number of rotatable bonds is 5. The van der Waals surface area contributed by atoms with E-state index in [9.17, 15) is 14.7 Å². The molecule has 0 bridgehead atoms. The van der Waals surface area contributed by atoms with Crippen molar-refractivity contribution in [1.82, 2.24) is 10.2 Å². The first kappa shape index (κ1) is 22.8. The van der Waals surface area contributed by atoms with E-state index in [1.807, 2.05) is 32.0 Å². The number of carbonyl (C=O) groups is 2. The van der Waals surface area contributed by atoms with Crippen molar-refractivity contribution in [2.75, 3.05) is 12.4 Å². The topological polar surface area (TPSA) is 82.0 Å². The van der Waals surface area contributed by atoms with Gasteiger partial charge in [-0.2, -0.15) is 0 Å². The molecule has 0 radical (unpaired) electrons. The summed E-state index contributed by atoms with van der Waals surface area (Å²) in [5.74, 6) is 0.183. The molecule has 1 saturated heterocycles. The summed E-state index contributed by atoms with van der Waals surface area (Å²) in [6.45, 7) is 4.31. The number of aryl methyl sites for hydroxylation is 1.